The summed E-state index contributed by atoms with van der Waals surface area (Å²) >= 11 is 11.8. The second kappa shape index (κ2) is 9.42. The first-order valence-electron chi connectivity index (χ1n) is 10.1. The Bertz CT molecular complexity index is 1160. The van der Waals surface area contributed by atoms with E-state index in [9.17, 15) is 8.42 Å². The largest absolute Gasteiger partial charge is 0.355 e. The summed E-state index contributed by atoms with van der Waals surface area (Å²) in [7, 11) is -3.81. The van der Waals surface area contributed by atoms with Gasteiger partial charge in [0.2, 0.25) is 0 Å². The molecule has 1 fully saturated rings. The fourth-order valence-electron chi connectivity index (χ4n) is 3.55. The van der Waals surface area contributed by atoms with Crippen molar-refractivity contribution < 1.29 is 8.42 Å². The third-order valence-electron chi connectivity index (χ3n) is 5.19. The monoisotopic (exact) mass is 476 g/mol. The van der Waals surface area contributed by atoms with Crippen LogP contribution < -0.4 is 9.62 Å². The zero-order valence-electron chi connectivity index (χ0n) is 16.8. The summed E-state index contributed by atoms with van der Waals surface area (Å²) in [5.74, 6) is 0.877. The second-order valence-electron chi connectivity index (χ2n) is 7.44. The van der Waals surface area contributed by atoms with Crippen molar-refractivity contribution in [1.82, 2.24) is 10.2 Å². The molecule has 0 atom stereocenters. The molecule has 1 aromatic heterocycles. The van der Waals surface area contributed by atoms with Crippen LogP contribution in [0.25, 0.3) is 11.3 Å². The average molecular weight is 477 g/mol. The van der Waals surface area contributed by atoms with Crippen LogP contribution in [0.5, 0.6) is 0 Å². The van der Waals surface area contributed by atoms with E-state index >= 15 is 0 Å². The van der Waals surface area contributed by atoms with E-state index in [-0.39, 0.29) is 9.92 Å². The van der Waals surface area contributed by atoms with Gasteiger partial charge in [-0.15, -0.1) is 10.2 Å². The third kappa shape index (κ3) is 5.29. The Morgan fingerprint density at radius 3 is 2.29 bits per heavy atom. The minimum absolute atomic E-state index is 0.0360. The molecule has 9 heteroatoms. The van der Waals surface area contributed by atoms with E-state index in [1.54, 1.807) is 18.2 Å². The molecule has 1 N–H and O–H groups in total. The van der Waals surface area contributed by atoms with E-state index in [2.05, 4.69) is 19.8 Å². The number of nitrogens with zero attached hydrogens (tertiary/aromatic N) is 3. The average Bonchev–Trinajstić information content (AvgIpc) is 3.05. The van der Waals surface area contributed by atoms with E-state index in [1.807, 2.05) is 18.2 Å². The molecule has 3 aromatic rings. The van der Waals surface area contributed by atoms with Crippen molar-refractivity contribution >= 4 is 44.7 Å². The maximum Gasteiger partial charge on any atom is 0.261 e. The standard InChI is InChI=1S/C22H22Cl2N4O2S/c23-19-9-8-18(15-20(19)24)31(29,30)27-17-7-5-6-16(14-17)21-10-11-22(26-25-21)28-12-3-1-2-4-13-28/h5-11,14-15,27H,1-4,12-13H2. The summed E-state index contributed by atoms with van der Waals surface area (Å²) in [6.45, 7) is 2.00. The summed E-state index contributed by atoms with van der Waals surface area (Å²) in [6, 6.07) is 15.1. The number of nitrogens with one attached hydrogen (secondary N) is 1. The van der Waals surface area contributed by atoms with E-state index in [1.165, 1.54) is 43.9 Å². The van der Waals surface area contributed by atoms with Crippen molar-refractivity contribution in [3.63, 3.8) is 0 Å². The summed E-state index contributed by atoms with van der Waals surface area (Å²) in [5, 5.41) is 9.25. The third-order valence-corrected chi connectivity index (χ3v) is 7.31. The Morgan fingerprint density at radius 2 is 1.61 bits per heavy atom. The van der Waals surface area contributed by atoms with Gasteiger partial charge in [-0.05, 0) is 55.3 Å². The lowest BCUT2D eigenvalue weighted by molar-refractivity contribution is 0.601. The van der Waals surface area contributed by atoms with Crippen LogP contribution in [0.4, 0.5) is 11.5 Å². The van der Waals surface area contributed by atoms with Gasteiger partial charge < -0.3 is 4.90 Å². The van der Waals surface area contributed by atoms with E-state index in [0.717, 1.165) is 24.5 Å². The lowest BCUT2D eigenvalue weighted by Crippen LogP contribution is -2.25. The lowest BCUT2D eigenvalue weighted by atomic mass is 10.1. The molecule has 31 heavy (non-hydrogen) atoms. The molecule has 1 saturated heterocycles. The van der Waals surface area contributed by atoms with Crippen molar-refractivity contribution in [2.75, 3.05) is 22.7 Å². The molecule has 4 rings (SSSR count). The maximum atomic E-state index is 12.7. The Hall–Kier alpha value is -2.35. The van der Waals surface area contributed by atoms with Crippen LogP contribution in [-0.4, -0.2) is 31.7 Å². The van der Waals surface area contributed by atoms with E-state index < -0.39 is 10.0 Å². The summed E-state index contributed by atoms with van der Waals surface area (Å²) in [4.78, 5) is 2.31. The van der Waals surface area contributed by atoms with Crippen molar-refractivity contribution in [2.45, 2.75) is 30.6 Å². The zero-order valence-corrected chi connectivity index (χ0v) is 19.1. The van der Waals surface area contributed by atoms with Crippen LogP contribution in [0.2, 0.25) is 10.0 Å². The van der Waals surface area contributed by atoms with E-state index in [0.29, 0.717) is 16.4 Å². The van der Waals surface area contributed by atoms with Crippen LogP contribution in [-0.2, 0) is 10.0 Å². The molecule has 0 radical (unpaired) electrons. The fraction of sp³-hybridized carbons (Fsp3) is 0.273. The Labute approximate surface area is 192 Å². The first-order valence-corrected chi connectivity index (χ1v) is 12.3. The van der Waals surface area contributed by atoms with Crippen molar-refractivity contribution in [2.24, 2.45) is 0 Å². The van der Waals surface area contributed by atoms with Crippen LogP contribution >= 0.6 is 23.2 Å². The highest BCUT2D eigenvalue weighted by Gasteiger charge is 2.17. The highest BCUT2D eigenvalue weighted by molar-refractivity contribution is 7.92. The summed E-state index contributed by atoms with van der Waals surface area (Å²) in [6.07, 6.45) is 4.86. The van der Waals surface area contributed by atoms with Gasteiger partial charge in [-0.1, -0.05) is 48.2 Å². The first-order chi connectivity index (χ1) is 14.9. The SMILES string of the molecule is O=S(=O)(Nc1cccc(-c2ccc(N3CCCCCC3)nn2)c1)c1ccc(Cl)c(Cl)c1. The molecule has 162 valence electrons. The highest BCUT2D eigenvalue weighted by Crippen LogP contribution is 2.27. The van der Waals surface area contributed by atoms with Gasteiger partial charge in [-0.3, -0.25) is 4.72 Å². The van der Waals surface area contributed by atoms with Crippen molar-refractivity contribution in [1.29, 1.82) is 0 Å². The van der Waals surface area contributed by atoms with E-state index in [4.69, 9.17) is 23.2 Å². The molecule has 2 aromatic carbocycles. The number of sulfonamides is 1. The number of benzene rings is 2. The first kappa shape index (κ1) is 21.9. The van der Waals surface area contributed by atoms with Gasteiger partial charge in [0, 0.05) is 24.3 Å². The zero-order chi connectivity index (χ0) is 21.8. The Balaban J connectivity index is 1.53. The van der Waals surface area contributed by atoms with Crippen LogP contribution in [0.1, 0.15) is 25.7 Å². The predicted molar refractivity (Wildman–Crippen MR) is 125 cm³/mol. The predicted octanol–water partition coefficient (Wildman–Crippen LogP) is 5.63. The van der Waals surface area contributed by atoms with Gasteiger partial charge >= 0.3 is 0 Å². The highest BCUT2D eigenvalue weighted by atomic mass is 35.5. The van der Waals surface area contributed by atoms with Gasteiger partial charge in [0.1, 0.15) is 0 Å². The normalized spacial score (nSPS) is 14.8. The van der Waals surface area contributed by atoms with Crippen LogP contribution in [0, 0.1) is 0 Å². The number of anilines is 2. The molecule has 0 amide bonds. The van der Waals surface area contributed by atoms with Crippen LogP contribution in [0.3, 0.4) is 0 Å². The molecule has 2 heterocycles. The second-order valence-corrected chi connectivity index (χ2v) is 9.94. The quantitative estimate of drug-likeness (QED) is 0.516. The molecular weight excluding hydrogens is 455 g/mol. The molecule has 1 aliphatic rings. The Morgan fingerprint density at radius 1 is 0.839 bits per heavy atom. The molecular formula is C22H22Cl2N4O2S. The smallest absolute Gasteiger partial charge is 0.261 e. The molecule has 0 bridgehead atoms. The molecule has 6 nitrogen and oxygen atoms in total. The molecule has 0 saturated carbocycles. The number of hydrogen-bond donors (Lipinski definition) is 1. The Kier molecular flexibility index (Phi) is 6.65. The number of hydrogen-bond acceptors (Lipinski definition) is 5. The van der Waals surface area contributed by atoms with Gasteiger partial charge in [0.25, 0.3) is 10.0 Å². The number of rotatable bonds is 5. The topological polar surface area (TPSA) is 75.2 Å². The van der Waals surface area contributed by atoms with Gasteiger partial charge in [0.05, 0.1) is 20.6 Å². The van der Waals surface area contributed by atoms with Crippen LogP contribution in [0.15, 0.2) is 59.5 Å². The number of halogens is 2. The number of aromatic nitrogens is 2. The molecule has 0 aliphatic carbocycles. The lowest BCUT2D eigenvalue weighted by Gasteiger charge is -2.20. The molecule has 0 spiro atoms. The maximum absolute atomic E-state index is 12.7. The molecule has 1 aliphatic heterocycles. The van der Waals surface area contributed by atoms with Gasteiger partial charge in [0.15, 0.2) is 5.82 Å². The fourth-order valence-corrected chi connectivity index (χ4v) is 4.99. The summed E-state index contributed by atoms with van der Waals surface area (Å²) in [5.41, 5.74) is 1.86. The minimum Gasteiger partial charge on any atom is -0.355 e. The van der Waals surface area contributed by atoms with Gasteiger partial charge in [-0.25, -0.2) is 8.42 Å². The minimum atomic E-state index is -3.81. The summed E-state index contributed by atoms with van der Waals surface area (Å²) < 4.78 is 28.0. The van der Waals surface area contributed by atoms with Crippen molar-refractivity contribution in [3.8, 4) is 11.3 Å². The molecule has 0 unspecified atom stereocenters. The van der Waals surface area contributed by atoms with Crippen molar-refractivity contribution in [3.05, 3.63) is 64.6 Å². The van der Waals surface area contributed by atoms with Gasteiger partial charge in [-0.2, -0.15) is 0 Å².